The van der Waals surface area contributed by atoms with Gasteiger partial charge in [0.15, 0.2) is 0 Å². The quantitative estimate of drug-likeness (QED) is 0.372. The summed E-state index contributed by atoms with van der Waals surface area (Å²) in [7, 11) is 1.27. The molecule has 6 heteroatoms. The number of hydrogen-bond acceptors (Lipinski definition) is 3. The topological polar surface area (TPSA) is 63.2 Å². The van der Waals surface area contributed by atoms with Gasteiger partial charge in [-0.15, -0.1) is 0 Å². The highest BCUT2D eigenvalue weighted by Crippen LogP contribution is 2.02. The van der Waals surface area contributed by atoms with Crippen molar-refractivity contribution in [3.05, 3.63) is 12.7 Å². The molecule has 0 aliphatic rings. The Morgan fingerprint density at radius 2 is 1.83 bits per heavy atom. The monoisotopic (exact) mass is 277 g/mol. The predicted molar refractivity (Wildman–Crippen MR) is 74.0 cm³/mol. The molecule has 0 radical (unpaired) electrons. The molecule has 1 amide bonds. The summed E-state index contributed by atoms with van der Waals surface area (Å²) in [6, 6.07) is 0. The fourth-order valence-electron chi connectivity index (χ4n) is 1.66. The second-order valence-corrected chi connectivity index (χ2v) is 7.47. The van der Waals surface area contributed by atoms with Crippen LogP contribution in [0.3, 0.4) is 0 Å². The molecule has 0 aliphatic heterocycles. The molecule has 0 aliphatic carbocycles. The molecule has 0 aromatic carbocycles. The minimum atomic E-state index is -2.86. The van der Waals surface area contributed by atoms with Crippen molar-refractivity contribution in [3.63, 3.8) is 0 Å². The summed E-state index contributed by atoms with van der Waals surface area (Å²) in [5, 5.41) is 2.72. The summed E-state index contributed by atoms with van der Waals surface area (Å²) < 4.78 is 22.8. The van der Waals surface area contributed by atoms with Gasteiger partial charge in [0, 0.05) is 25.6 Å². The maximum Gasteiger partial charge on any atom is 0.243 e. The molecule has 106 valence electrons. The van der Waals surface area contributed by atoms with Crippen molar-refractivity contribution in [2.24, 2.45) is 0 Å². The average Bonchev–Trinajstić information content (AvgIpc) is 2.21. The first-order valence-electron chi connectivity index (χ1n) is 6.06. The molecule has 0 heterocycles. The number of quaternary nitrogens is 1. The fourth-order valence-corrected chi connectivity index (χ4v) is 2.31. The summed E-state index contributed by atoms with van der Waals surface area (Å²) in [5.74, 6) is 0.0828. The van der Waals surface area contributed by atoms with Crippen LogP contribution >= 0.6 is 0 Å². The molecule has 0 aromatic rings. The Balaban J connectivity index is 3.80. The largest absolute Gasteiger partial charge is 0.352 e. The first kappa shape index (κ1) is 17.1. The van der Waals surface area contributed by atoms with E-state index in [1.165, 1.54) is 12.3 Å². The maximum atomic E-state index is 11.0. The van der Waals surface area contributed by atoms with E-state index >= 15 is 0 Å². The molecule has 5 nitrogen and oxygen atoms in total. The van der Waals surface area contributed by atoms with Crippen molar-refractivity contribution in [2.75, 3.05) is 45.7 Å². The van der Waals surface area contributed by atoms with Crippen LogP contribution < -0.4 is 5.32 Å². The molecule has 0 atom stereocenters. The van der Waals surface area contributed by atoms with E-state index in [9.17, 15) is 13.2 Å². The van der Waals surface area contributed by atoms with Gasteiger partial charge in [-0.05, 0) is 6.08 Å². The van der Waals surface area contributed by atoms with Gasteiger partial charge < -0.3 is 9.80 Å². The van der Waals surface area contributed by atoms with Crippen molar-refractivity contribution in [1.29, 1.82) is 0 Å². The van der Waals surface area contributed by atoms with Crippen LogP contribution in [0.1, 0.15) is 12.8 Å². The lowest BCUT2D eigenvalue weighted by molar-refractivity contribution is -0.890. The lowest BCUT2D eigenvalue weighted by atomic mass is 10.3. The normalized spacial score (nSPS) is 12.2. The highest BCUT2D eigenvalue weighted by Gasteiger charge is 2.15. The minimum Gasteiger partial charge on any atom is -0.352 e. The highest BCUT2D eigenvalue weighted by molar-refractivity contribution is 7.90. The number of hydrogen-bond donors (Lipinski definition) is 1. The van der Waals surface area contributed by atoms with E-state index in [0.717, 1.165) is 24.0 Å². The van der Waals surface area contributed by atoms with Crippen LogP contribution in [0.2, 0.25) is 0 Å². The van der Waals surface area contributed by atoms with Gasteiger partial charge in [0.05, 0.1) is 32.9 Å². The molecule has 18 heavy (non-hydrogen) atoms. The van der Waals surface area contributed by atoms with Gasteiger partial charge in [0.1, 0.15) is 9.84 Å². The molecule has 0 fully saturated rings. The number of nitrogens with one attached hydrogen (secondary N) is 1. The van der Waals surface area contributed by atoms with Crippen molar-refractivity contribution >= 4 is 15.7 Å². The predicted octanol–water partition coefficient (Wildman–Crippen LogP) is 0.190. The van der Waals surface area contributed by atoms with Crippen LogP contribution in [0.5, 0.6) is 0 Å². The fraction of sp³-hybridized carbons (Fsp3) is 0.750. The molecule has 0 bridgehead atoms. The van der Waals surface area contributed by atoms with Crippen LogP contribution in [0.4, 0.5) is 0 Å². The molecule has 0 rings (SSSR count). The molecule has 0 aromatic heterocycles. The zero-order valence-corrected chi connectivity index (χ0v) is 12.4. The van der Waals surface area contributed by atoms with Gasteiger partial charge in [0.25, 0.3) is 0 Å². The van der Waals surface area contributed by atoms with Gasteiger partial charge in [-0.25, -0.2) is 8.42 Å². The summed E-state index contributed by atoms with van der Waals surface area (Å²) in [6.45, 7) is 5.73. The van der Waals surface area contributed by atoms with Crippen LogP contribution in [0.15, 0.2) is 12.7 Å². The zero-order valence-electron chi connectivity index (χ0n) is 11.6. The zero-order chi connectivity index (χ0) is 14.2. The van der Waals surface area contributed by atoms with Gasteiger partial charge in [-0.2, -0.15) is 0 Å². The maximum absolute atomic E-state index is 11.0. The number of carbonyl (C=O) groups is 1. The molecule has 1 N–H and O–H groups in total. The van der Waals surface area contributed by atoms with Crippen molar-refractivity contribution in [3.8, 4) is 0 Å². The lowest BCUT2D eigenvalue weighted by Crippen LogP contribution is -2.43. The third-order valence-electron chi connectivity index (χ3n) is 2.70. The van der Waals surface area contributed by atoms with E-state index in [2.05, 4.69) is 26.0 Å². The molecular formula is C12H25N2O3S+. The average molecular weight is 277 g/mol. The number of amides is 1. The van der Waals surface area contributed by atoms with Crippen molar-refractivity contribution in [1.82, 2.24) is 5.32 Å². The Labute approximate surface area is 110 Å². The second-order valence-electron chi connectivity index (χ2n) is 5.22. The Morgan fingerprint density at radius 1 is 1.28 bits per heavy atom. The highest BCUT2D eigenvalue weighted by atomic mass is 32.2. The van der Waals surface area contributed by atoms with Crippen LogP contribution in [-0.4, -0.2) is 64.5 Å². The third kappa shape index (κ3) is 10.3. The SMILES string of the molecule is C=CC(=O)NCCC[N+](C)(C)CCCS(C)(=O)=O. The Bertz CT molecular complexity index is 375. The molecule has 0 unspecified atom stereocenters. The molecule has 0 saturated heterocycles. The summed E-state index contributed by atoms with van der Waals surface area (Å²) in [6.07, 6.45) is 4.06. The molecular weight excluding hydrogens is 252 g/mol. The van der Waals surface area contributed by atoms with E-state index < -0.39 is 9.84 Å². The molecule has 0 spiro atoms. The van der Waals surface area contributed by atoms with Gasteiger partial charge in [-0.3, -0.25) is 4.79 Å². The Kier molecular flexibility index (Phi) is 7.16. The van der Waals surface area contributed by atoms with E-state index in [0.29, 0.717) is 13.0 Å². The molecule has 0 saturated carbocycles. The standard InChI is InChI=1S/C12H24N2O3S/c1-5-12(15)13-8-6-9-14(2,3)10-7-11-18(4,16)17/h5H,1,6-11H2,2-4H3/p+1. The van der Waals surface area contributed by atoms with Crippen molar-refractivity contribution < 1.29 is 17.7 Å². The smallest absolute Gasteiger partial charge is 0.243 e. The Hall–Kier alpha value is -0.880. The first-order valence-corrected chi connectivity index (χ1v) is 8.12. The number of nitrogens with zero attached hydrogens (tertiary/aromatic N) is 1. The van der Waals surface area contributed by atoms with Gasteiger partial charge in [-0.1, -0.05) is 6.58 Å². The Morgan fingerprint density at radius 3 is 2.33 bits per heavy atom. The number of rotatable bonds is 9. The van der Waals surface area contributed by atoms with E-state index in [-0.39, 0.29) is 11.7 Å². The summed E-state index contributed by atoms with van der Waals surface area (Å²) in [5.41, 5.74) is 0. The number of carbonyl (C=O) groups excluding carboxylic acids is 1. The lowest BCUT2D eigenvalue weighted by Gasteiger charge is -2.29. The van der Waals surface area contributed by atoms with E-state index in [4.69, 9.17) is 0 Å². The summed E-state index contributed by atoms with van der Waals surface area (Å²) >= 11 is 0. The van der Waals surface area contributed by atoms with Crippen LogP contribution in [0.25, 0.3) is 0 Å². The number of sulfone groups is 1. The van der Waals surface area contributed by atoms with Crippen LogP contribution in [-0.2, 0) is 14.6 Å². The van der Waals surface area contributed by atoms with E-state index in [1.54, 1.807) is 0 Å². The van der Waals surface area contributed by atoms with Crippen LogP contribution in [0, 0.1) is 0 Å². The van der Waals surface area contributed by atoms with Gasteiger partial charge >= 0.3 is 0 Å². The minimum absolute atomic E-state index is 0.155. The van der Waals surface area contributed by atoms with E-state index in [1.807, 2.05) is 0 Å². The van der Waals surface area contributed by atoms with Gasteiger partial charge in [0.2, 0.25) is 5.91 Å². The van der Waals surface area contributed by atoms with Crippen molar-refractivity contribution in [2.45, 2.75) is 12.8 Å². The third-order valence-corrected chi connectivity index (χ3v) is 3.73. The first-order chi connectivity index (χ1) is 8.16. The second kappa shape index (κ2) is 7.53. The summed E-state index contributed by atoms with van der Waals surface area (Å²) in [4.78, 5) is 10.9.